The summed E-state index contributed by atoms with van der Waals surface area (Å²) >= 11 is 0. The van der Waals surface area contributed by atoms with Crippen molar-refractivity contribution in [2.24, 2.45) is 10.9 Å². The predicted octanol–water partition coefficient (Wildman–Crippen LogP) is 3.47. The van der Waals surface area contributed by atoms with Gasteiger partial charge in [0.25, 0.3) is 0 Å². The number of nitrogens with two attached hydrogens (primary N) is 1. The van der Waals surface area contributed by atoms with E-state index in [1.807, 2.05) is 37.3 Å². The fourth-order valence-corrected chi connectivity index (χ4v) is 2.17. The van der Waals surface area contributed by atoms with Crippen molar-refractivity contribution >= 4 is 22.6 Å². The second kappa shape index (κ2) is 6.36. The highest BCUT2D eigenvalue weighted by atomic mass is 16.6. The van der Waals surface area contributed by atoms with E-state index in [4.69, 9.17) is 15.0 Å². The Balaban J connectivity index is 1.66. The van der Waals surface area contributed by atoms with Crippen LogP contribution in [0.15, 0.2) is 64.2 Å². The average molecular weight is 308 g/mol. The van der Waals surface area contributed by atoms with Crippen LogP contribution in [-0.4, -0.2) is 11.6 Å². The summed E-state index contributed by atoms with van der Waals surface area (Å²) in [7, 11) is 0. The van der Waals surface area contributed by atoms with Crippen LogP contribution in [0.2, 0.25) is 0 Å². The number of rotatable bonds is 5. The van der Waals surface area contributed by atoms with Crippen LogP contribution in [-0.2, 0) is 11.4 Å². The minimum Gasteiger partial charge on any atom is -0.455 e. The van der Waals surface area contributed by atoms with Gasteiger partial charge in [-0.2, -0.15) is 0 Å². The first-order chi connectivity index (χ1) is 11.1. The van der Waals surface area contributed by atoms with Crippen LogP contribution in [0.4, 0.5) is 0 Å². The molecule has 3 aromatic rings. The second-order valence-electron chi connectivity index (χ2n) is 5.16. The summed E-state index contributed by atoms with van der Waals surface area (Å²) in [6.45, 7) is 2.13. The molecule has 0 radical (unpaired) electrons. The zero-order chi connectivity index (χ0) is 16.2. The third-order valence-electron chi connectivity index (χ3n) is 3.45. The highest BCUT2D eigenvalue weighted by Crippen LogP contribution is 2.19. The molecule has 0 bridgehead atoms. The average Bonchev–Trinajstić information content (AvgIpc) is 2.99. The van der Waals surface area contributed by atoms with Gasteiger partial charge in [-0.25, -0.2) is 0 Å². The van der Waals surface area contributed by atoms with Gasteiger partial charge in [-0.05, 0) is 36.8 Å². The number of hydrogen-bond donors (Lipinski definition) is 1. The van der Waals surface area contributed by atoms with E-state index in [1.165, 1.54) is 0 Å². The van der Waals surface area contributed by atoms with Crippen molar-refractivity contribution in [3.63, 3.8) is 0 Å². The molecule has 0 spiro atoms. The Morgan fingerprint density at radius 2 is 1.91 bits per heavy atom. The molecule has 0 saturated heterocycles. The number of para-hydroxylation sites is 1. The summed E-state index contributed by atoms with van der Waals surface area (Å²) in [5.74, 6) is 0.228. The maximum atomic E-state index is 11.0. The largest absolute Gasteiger partial charge is 0.455 e. The smallest absolute Gasteiger partial charge is 0.248 e. The number of oxime groups is 1. The van der Waals surface area contributed by atoms with Gasteiger partial charge >= 0.3 is 0 Å². The van der Waals surface area contributed by atoms with E-state index in [-0.39, 0.29) is 0 Å². The molecule has 5 nitrogen and oxygen atoms in total. The van der Waals surface area contributed by atoms with Crippen LogP contribution in [0, 0.1) is 0 Å². The van der Waals surface area contributed by atoms with Crippen molar-refractivity contribution in [2.75, 3.05) is 0 Å². The molecule has 3 rings (SSSR count). The molecule has 2 aromatic carbocycles. The number of amides is 1. The van der Waals surface area contributed by atoms with E-state index in [0.29, 0.717) is 23.6 Å². The molecule has 23 heavy (non-hydrogen) atoms. The monoisotopic (exact) mass is 308 g/mol. The summed E-state index contributed by atoms with van der Waals surface area (Å²) in [6, 6.07) is 16.6. The van der Waals surface area contributed by atoms with Crippen molar-refractivity contribution in [3.05, 3.63) is 71.5 Å². The fraction of sp³-hybridized carbons (Fsp3) is 0.111. The molecule has 0 aliphatic heterocycles. The lowest BCUT2D eigenvalue weighted by molar-refractivity contribution is 0.1000. The normalized spacial score (nSPS) is 11.6. The van der Waals surface area contributed by atoms with Gasteiger partial charge in [0.1, 0.15) is 17.9 Å². The molecule has 0 unspecified atom stereocenters. The standard InChI is InChI=1S/C18H16N2O3/c1-12(17-10-15-4-2-3-5-16(15)23-17)20-22-11-13-6-8-14(9-7-13)18(19)21/h2-10H,11H2,1H3,(H2,19,21)/b20-12+. The minimum absolute atomic E-state index is 0.302. The van der Waals surface area contributed by atoms with Crippen LogP contribution in [0.5, 0.6) is 0 Å². The molecule has 0 aliphatic carbocycles. The Labute approximate surface area is 133 Å². The number of benzene rings is 2. The molecule has 0 fully saturated rings. The lowest BCUT2D eigenvalue weighted by Gasteiger charge is -2.02. The van der Waals surface area contributed by atoms with Gasteiger partial charge in [0.15, 0.2) is 5.76 Å². The maximum absolute atomic E-state index is 11.0. The first-order valence-corrected chi connectivity index (χ1v) is 7.18. The molecule has 1 amide bonds. The number of fused-ring (bicyclic) bond motifs is 1. The Bertz CT molecular complexity index is 830. The molecule has 1 heterocycles. The van der Waals surface area contributed by atoms with Gasteiger partial charge in [0.05, 0.1) is 0 Å². The Kier molecular flexibility index (Phi) is 4.10. The Hall–Kier alpha value is -3.08. The van der Waals surface area contributed by atoms with E-state index in [9.17, 15) is 4.79 Å². The Morgan fingerprint density at radius 3 is 2.61 bits per heavy atom. The molecule has 116 valence electrons. The van der Waals surface area contributed by atoms with E-state index in [2.05, 4.69) is 5.16 Å². The molecule has 1 aromatic heterocycles. The molecule has 0 aliphatic rings. The molecule has 0 atom stereocenters. The van der Waals surface area contributed by atoms with E-state index in [0.717, 1.165) is 16.5 Å². The third kappa shape index (κ3) is 3.40. The van der Waals surface area contributed by atoms with Gasteiger partial charge in [0, 0.05) is 10.9 Å². The molecule has 0 saturated carbocycles. The molecular formula is C18H16N2O3. The van der Waals surface area contributed by atoms with Crippen molar-refractivity contribution in [2.45, 2.75) is 13.5 Å². The van der Waals surface area contributed by atoms with Crippen LogP contribution in [0.3, 0.4) is 0 Å². The summed E-state index contributed by atoms with van der Waals surface area (Å²) in [4.78, 5) is 16.3. The Morgan fingerprint density at radius 1 is 1.17 bits per heavy atom. The summed E-state index contributed by atoms with van der Waals surface area (Å²) < 4.78 is 5.71. The van der Waals surface area contributed by atoms with E-state index >= 15 is 0 Å². The van der Waals surface area contributed by atoms with Crippen molar-refractivity contribution in [1.29, 1.82) is 0 Å². The lowest BCUT2D eigenvalue weighted by Crippen LogP contribution is -2.10. The number of hydrogen-bond acceptors (Lipinski definition) is 4. The van der Waals surface area contributed by atoms with Gasteiger partial charge in [-0.3, -0.25) is 4.79 Å². The van der Waals surface area contributed by atoms with Crippen molar-refractivity contribution in [3.8, 4) is 0 Å². The lowest BCUT2D eigenvalue weighted by atomic mass is 10.1. The van der Waals surface area contributed by atoms with Gasteiger partial charge in [-0.15, -0.1) is 0 Å². The SMILES string of the molecule is C/C(=N\OCc1ccc(C(N)=O)cc1)c1cc2ccccc2o1. The van der Waals surface area contributed by atoms with Crippen molar-refractivity contribution in [1.82, 2.24) is 0 Å². The van der Waals surface area contributed by atoms with Crippen LogP contribution in [0.25, 0.3) is 11.0 Å². The number of carbonyl (C=O) groups excluding carboxylic acids is 1. The zero-order valence-corrected chi connectivity index (χ0v) is 12.7. The first-order valence-electron chi connectivity index (χ1n) is 7.18. The van der Waals surface area contributed by atoms with E-state index in [1.54, 1.807) is 24.3 Å². The first kappa shape index (κ1) is 14.8. The van der Waals surface area contributed by atoms with Crippen LogP contribution in [0.1, 0.15) is 28.6 Å². The van der Waals surface area contributed by atoms with Gasteiger partial charge in [-0.1, -0.05) is 35.5 Å². The second-order valence-corrected chi connectivity index (χ2v) is 5.16. The molecule has 5 heteroatoms. The topological polar surface area (TPSA) is 77.8 Å². The number of furan rings is 1. The summed E-state index contributed by atoms with van der Waals surface area (Å²) in [5.41, 5.74) is 8.05. The van der Waals surface area contributed by atoms with Gasteiger partial charge in [0.2, 0.25) is 5.91 Å². The number of carbonyl (C=O) groups is 1. The van der Waals surface area contributed by atoms with Crippen molar-refractivity contribution < 1.29 is 14.0 Å². The number of primary amides is 1. The molecule has 2 N–H and O–H groups in total. The number of nitrogens with zero attached hydrogens (tertiary/aromatic N) is 1. The minimum atomic E-state index is -0.448. The van der Waals surface area contributed by atoms with Crippen LogP contribution >= 0.6 is 0 Å². The maximum Gasteiger partial charge on any atom is 0.248 e. The third-order valence-corrected chi connectivity index (χ3v) is 3.45. The predicted molar refractivity (Wildman–Crippen MR) is 88.2 cm³/mol. The molecular weight excluding hydrogens is 292 g/mol. The fourth-order valence-electron chi connectivity index (χ4n) is 2.17. The highest BCUT2D eigenvalue weighted by Gasteiger charge is 2.06. The summed E-state index contributed by atoms with van der Waals surface area (Å²) in [5, 5.41) is 5.10. The highest BCUT2D eigenvalue weighted by molar-refractivity contribution is 5.99. The quantitative estimate of drug-likeness (QED) is 0.579. The van der Waals surface area contributed by atoms with Crippen LogP contribution < -0.4 is 5.73 Å². The van der Waals surface area contributed by atoms with E-state index < -0.39 is 5.91 Å². The van der Waals surface area contributed by atoms with Gasteiger partial charge < -0.3 is 15.0 Å². The zero-order valence-electron chi connectivity index (χ0n) is 12.7. The summed E-state index contributed by atoms with van der Waals surface area (Å²) in [6.07, 6.45) is 0.